The number of hydrogen-bond donors (Lipinski definition) is 1. The van der Waals surface area contributed by atoms with Crippen molar-refractivity contribution in [2.24, 2.45) is 0 Å². The first-order valence-electron chi connectivity index (χ1n) is 9.06. The number of nitrogens with zero attached hydrogens (tertiary/aromatic N) is 2. The molecular weight excluding hydrogens is 364 g/mol. The van der Waals surface area contributed by atoms with Crippen molar-refractivity contribution in [1.29, 1.82) is 0 Å². The zero-order valence-corrected chi connectivity index (χ0v) is 15.3. The van der Waals surface area contributed by atoms with Gasteiger partial charge in [-0.2, -0.15) is 0 Å². The summed E-state index contributed by atoms with van der Waals surface area (Å²) in [5.74, 6) is -2.38. The number of Topliss-reactive ketones (excluding diaryl/α,β-unsaturated/α-hetero) is 1. The van der Waals surface area contributed by atoms with Gasteiger partial charge < -0.3 is 14.8 Å². The maximum absolute atomic E-state index is 13.4. The fourth-order valence-electron chi connectivity index (χ4n) is 3.71. The Kier molecular flexibility index (Phi) is 4.58. The normalized spacial score (nSPS) is 14.5. The third kappa shape index (κ3) is 3.24. The number of rotatable bonds is 3. The number of amides is 1. The van der Waals surface area contributed by atoms with Crippen LogP contribution in [0.25, 0.3) is 10.9 Å². The second-order valence-corrected chi connectivity index (χ2v) is 6.91. The molecule has 1 saturated heterocycles. The molecule has 28 heavy (non-hydrogen) atoms. The molecule has 2 aromatic carbocycles. The lowest BCUT2D eigenvalue weighted by Gasteiger charge is -2.35. The van der Waals surface area contributed by atoms with Crippen LogP contribution in [0.1, 0.15) is 16.1 Å². The van der Waals surface area contributed by atoms with Gasteiger partial charge in [-0.1, -0.05) is 18.2 Å². The number of benzene rings is 2. The van der Waals surface area contributed by atoms with E-state index < -0.39 is 23.3 Å². The Morgan fingerprint density at radius 3 is 2.29 bits per heavy atom. The molecular formula is C21H19F2N3O2. The number of ketones is 1. The Balaban J connectivity index is 1.49. The first-order chi connectivity index (χ1) is 13.4. The minimum absolute atomic E-state index is 0.310. The minimum atomic E-state index is -0.640. The highest BCUT2D eigenvalue weighted by atomic mass is 19.1. The minimum Gasteiger partial charge on any atom is -0.368 e. The molecule has 7 heteroatoms. The van der Waals surface area contributed by atoms with Gasteiger partial charge in [0.1, 0.15) is 11.6 Å². The molecule has 4 rings (SSSR count). The molecule has 0 atom stereocenters. The van der Waals surface area contributed by atoms with E-state index in [0.717, 1.165) is 17.0 Å². The van der Waals surface area contributed by atoms with Gasteiger partial charge in [0.05, 0.1) is 5.56 Å². The number of nitrogens with one attached hydrogen (secondary N) is 1. The van der Waals surface area contributed by atoms with Crippen LogP contribution in [0, 0.1) is 18.6 Å². The molecule has 0 aliphatic carbocycles. The number of piperazine rings is 1. The Labute approximate surface area is 160 Å². The largest absolute Gasteiger partial charge is 0.368 e. The smallest absolute Gasteiger partial charge is 0.295 e. The zero-order valence-electron chi connectivity index (χ0n) is 15.3. The van der Waals surface area contributed by atoms with E-state index in [1.165, 1.54) is 17.0 Å². The second kappa shape index (κ2) is 7.07. The van der Waals surface area contributed by atoms with Crippen molar-refractivity contribution >= 4 is 28.3 Å². The van der Waals surface area contributed by atoms with Gasteiger partial charge in [-0.3, -0.25) is 9.59 Å². The highest BCUT2D eigenvalue weighted by Gasteiger charge is 2.29. The van der Waals surface area contributed by atoms with Crippen LogP contribution >= 0.6 is 0 Å². The van der Waals surface area contributed by atoms with Gasteiger partial charge in [0.15, 0.2) is 0 Å². The number of H-pyrrole nitrogens is 1. The number of carbonyl (C=O) groups is 2. The second-order valence-electron chi connectivity index (χ2n) is 6.91. The first-order valence-corrected chi connectivity index (χ1v) is 9.06. The number of anilines is 1. The number of aryl methyl sites for hydroxylation is 1. The summed E-state index contributed by atoms with van der Waals surface area (Å²) in [6, 6.07) is 10.7. The molecule has 0 saturated carbocycles. The molecule has 0 unspecified atom stereocenters. The van der Waals surface area contributed by atoms with Crippen LogP contribution in [0.2, 0.25) is 0 Å². The Morgan fingerprint density at radius 1 is 0.964 bits per heavy atom. The number of carbonyl (C=O) groups excluding carboxylic acids is 2. The number of para-hydroxylation sites is 1. The Bertz CT molecular complexity index is 1050. The van der Waals surface area contributed by atoms with Crippen LogP contribution < -0.4 is 4.90 Å². The van der Waals surface area contributed by atoms with E-state index in [0.29, 0.717) is 43.1 Å². The number of aromatic nitrogens is 1. The predicted octanol–water partition coefficient (Wildman–Crippen LogP) is 3.29. The molecule has 0 spiro atoms. The number of fused-ring (bicyclic) bond motifs is 1. The molecule has 1 aromatic heterocycles. The molecule has 1 aliphatic heterocycles. The molecule has 3 aromatic rings. The fourth-order valence-corrected chi connectivity index (χ4v) is 3.71. The van der Waals surface area contributed by atoms with Gasteiger partial charge in [0.25, 0.3) is 11.7 Å². The van der Waals surface area contributed by atoms with Gasteiger partial charge in [-0.15, -0.1) is 0 Å². The summed E-state index contributed by atoms with van der Waals surface area (Å²) in [6.07, 6.45) is 0. The average molecular weight is 383 g/mol. The van der Waals surface area contributed by atoms with Crippen LogP contribution in [0.3, 0.4) is 0 Å². The number of halogens is 2. The molecule has 5 nitrogen and oxygen atoms in total. The molecule has 1 N–H and O–H groups in total. The summed E-state index contributed by atoms with van der Waals surface area (Å²) in [6.45, 7) is 3.19. The van der Waals surface area contributed by atoms with Crippen molar-refractivity contribution < 1.29 is 18.4 Å². The first kappa shape index (κ1) is 18.2. The Morgan fingerprint density at radius 2 is 1.61 bits per heavy atom. The maximum atomic E-state index is 13.4. The third-order valence-electron chi connectivity index (χ3n) is 5.09. The van der Waals surface area contributed by atoms with E-state index in [4.69, 9.17) is 0 Å². The van der Waals surface area contributed by atoms with Gasteiger partial charge in [-0.25, -0.2) is 8.78 Å². The van der Waals surface area contributed by atoms with Crippen LogP contribution in [0.4, 0.5) is 14.5 Å². The molecule has 0 radical (unpaired) electrons. The maximum Gasteiger partial charge on any atom is 0.295 e. The van der Waals surface area contributed by atoms with E-state index in [-0.39, 0.29) is 0 Å². The Hall–Kier alpha value is -3.22. The van der Waals surface area contributed by atoms with Gasteiger partial charge in [0, 0.05) is 54.5 Å². The monoisotopic (exact) mass is 383 g/mol. The van der Waals surface area contributed by atoms with E-state index in [9.17, 15) is 18.4 Å². The average Bonchev–Trinajstić information content (AvgIpc) is 3.02. The lowest BCUT2D eigenvalue weighted by Crippen LogP contribution is -2.50. The van der Waals surface area contributed by atoms with Crippen molar-refractivity contribution in [2.45, 2.75) is 6.92 Å². The number of hydrogen-bond acceptors (Lipinski definition) is 3. The fraction of sp³-hybridized carbons (Fsp3) is 0.238. The van der Waals surface area contributed by atoms with E-state index in [2.05, 4.69) is 4.98 Å². The summed E-state index contributed by atoms with van der Waals surface area (Å²) in [5.41, 5.74) is 2.31. The van der Waals surface area contributed by atoms with Gasteiger partial charge in [0.2, 0.25) is 0 Å². The molecule has 2 heterocycles. The van der Waals surface area contributed by atoms with E-state index in [1.54, 1.807) is 11.8 Å². The quantitative estimate of drug-likeness (QED) is 0.558. The van der Waals surface area contributed by atoms with E-state index in [1.807, 2.05) is 24.3 Å². The molecule has 144 valence electrons. The molecule has 1 fully saturated rings. The van der Waals surface area contributed by atoms with Crippen molar-refractivity contribution in [2.75, 3.05) is 31.1 Å². The standard InChI is InChI=1S/C21H19F2N3O2/c1-13-19(17-4-2-3-5-18(17)24-13)20(27)21(28)26-8-6-25(7-9-26)16-11-14(22)10-15(23)12-16/h2-5,10-12,24H,6-9H2,1H3. The van der Waals surface area contributed by atoms with Crippen molar-refractivity contribution in [1.82, 2.24) is 9.88 Å². The van der Waals surface area contributed by atoms with Gasteiger partial charge in [-0.05, 0) is 25.1 Å². The van der Waals surface area contributed by atoms with Crippen LogP contribution in [0.5, 0.6) is 0 Å². The summed E-state index contributed by atoms with van der Waals surface area (Å²) >= 11 is 0. The van der Waals surface area contributed by atoms with Crippen molar-refractivity contribution in [3.05, 3.63) is 65.4 Å². The van der Waals surface area contributed by atoms with Crippen LogP contribution in [-0.2, 0) is 4.79 Å². The van der Waals surface area contributed by atoms with Crippen LogP contribution in [0.15, 0.2) is 42.5 Å². The SMILES string of the molecule is Cc1[nH]c2ccccc2c1C(=O)C(=O)N1CCN(c2cc(F)cc(F)c2)CC1. The lowest BCUT2D eigenvalue weighted by atomic mass is 10.1. The summed E-state index contributed by atoms with van der Waals surface area (Å²) < 4.78 is 26.9. The predicted molar refractivity (Wildman–Crippen MR) is 103 cm³/mol. The van der Waals surface area contributed by atoms with Gasteiger partial charge >= 0.3 is 0 Å². The lowest BCUT2D eigenvalue weighted by molar-refractivity contribution is -0.126. The number of aromatic amines is 1. The summed E-state index contributed by atoms with van der Waals surface area (Å²) in [4.78, 5) is 32.1. The molecule has 0 bridgehead atoms. The van der Waals surface area contributed by atoms with Crippen LogP contribution in [-0.4, -0.2) is 47.8 Å². The highest BCUT2D eigenvalue weighted by Crippen LogP contribution is 2.24. The van der Waals surface area contributed by atoms with E-state index >= 15 is 0 Å². The summed E-state index contributed by atoms with van der Waals surface area (Å²) in [5, 5.41) is 0.729. The van der Waals surface area contributed by atoms with Crippen molar-refractivity contribution in [3.8, 4) is 0 Å². The summed E-state index contributed by atoms with van der Waals surface area (Å²) in [7, 11) is 0. The van der Waals surface area contributed by atoms with Crippen molar-refractivity contribution in [3.63, 3.8) is 0 Å². The third-order valence-corrected chi connectivity index (χ3v) is 5.09. The molecule has 1 aliphatic rings. The topological polar surface area (TPSA) is 56.4 Å². The zero-order chi connectivity index (χ0) is 19.8. The molecule has 1 amide bonds. The highest BCUT2D eigenvalue weighted by molar-refractivity contribution is 6.45.